The Hall–Kier alpha value is -2.75. The highest BCUT2D eigenvalue weighted by atomic mass is 32.2. The van der Waals surface area contributed by atoms with Gasteiger partial charge in [-0.2, -0.15) is 0 Å². The van der Waals surface area contributed by atoms with E-state index in [0.717, 1.165) is 12.5 Å². The second kappa shape index (κ2) is 11.0. The van der Waals surface area contributed by atoms with Gasteiger partial charge in [-0.1, -0.05) is 48.5 Å². The Kier molecular flexibility index (Phi) is 8.73. The topological polar surface area (TPSA) is 133 Å². The lowest BCUT2D eigenvalue weighted by Crippen LogP contribution is -2.61. The van der Waals surface area contributed by atoms with Crippen LogP contribution in [0, 0.1) is 0 Å². The molecule has 0 aliphatic carbocycles. The lowest BCUT2D eigenvalue weighted by Gasteiger charge is -2.43. The van der Waals surface area contributed by atoms with Gasteiger partial charge in [0.15, 0.2) is 9.84 Å². The van der Waals surface area contributed by atoms with E-state index in [1.54, 1.807) is 18.2 Å². The molecule has 0 spiro atoms. The van der Waals surface area contributed by atoms with Crippen LogP contribution < -0.4 is 10.6 Å². The van der Waals surface area contributed by atoms with Crippen LogP contribution in [0.3, 0.4) is 0 Å². The fraction of sp³-hybridized carbons (Fsp3) is 0.364. The number of carbonyl (C=O) groups excluding carboxylic acids is 1. The Morgan fingerprint density at radius 3 is 2.19 bits per heavy atom. The van der Waals surface area contributed by atoms with Crippen molar-refractivity contribution in [1.29, 1.82) is 0 Å². The molecule has 2 aromatic rings. The van der Waals surface area contributed by atoms with Crippen LogP contribution in [0.15, 0.2) is 65.6 Å². The first kappa shape index (κ1) is 24.5. The molecule has 0 aromatic heterocycles. The average Bonchev–Trinajstić information content (AvgIpc) is 2.75. The zero-order valence-electron chi connectivity index (χ0n) is 17.3. The summed E-state index contributed by atoms with van der Waals surface area (Å²) >= 11 is 0. The van der Waals surface area contributed by atoms with Crippen molar-refractivity contribution in [2.24, 2.45) is 0 Å². The molecule has 8 nitrogen and oxygen atoms in total. The molecule has 4 N–H and O–H groups in total. The van der Waals surface area contributed by atoms with E-state index in [4.69, 9.17) is 9.90 Å². The molecule has 1 heterocycles. The van der Waals surface area contributed by atoms with Crippen LogP contribution in [0.2, 0.25) is 0 Å². The van der Waals surface area contributed by atoms with E-state index in [9.17, 15) is 18.3 Å². The smallest absolute Gasteiger partial charge is 0.300 e. The number of piperidine rings is 1. The summed E-state index contributed by atoms with van der Waals surface area (Å²) in [6.07, 6.45) is -0.440. The largest absolute Gasteiger partial charge is 0.481 e. The molecule has 3 rings (SSSR count). The summed E-state index contributed by atoms with van der Waals surface area (Å²) < 4.78 is 24.8. The monoisotopic (exact) mass is 448 g/mol. The standard InChI is InChI=1S/C20H24N2O4S.C2H4O2/c23-18-15-21-13-12-20(18,16-7-3-1-4-8-16)22-19(24)11-14-27(25,26)17-9-5-2-6-10-17;1-2(3)4/h1-10,18,21,23H,11-15H2,(H,22,24);1H3,(H,3,4)/t18-,20-;/m1./s1. The van der Waals surface area contributed by atoms with E-state index in [1.165, 1.54) is 12.1 Å². The highest BCUT2D eigenvalue weighted by molar-refractivity contribution is 7.91. The number of aliphatic carboxylic acids is 1. The number of benzene rings is 2. The summed E-state index contributed by atoms with van der Waals surface area (Å²) in [5, 5.41) is 24.1. The maximum atomic E-state index is 12.6. The fourth-order valence-corrected chi connectivity index (χ4v) is 4.70. The number of sulfone groups is 1. The molecule has 2 aromatic carbocycles. The first-order valence-electron chi connectivity index (χ1n) is 9.90. The van der Waals surface area contributed by atoms with E-state index in [0.29, 0.717) is 19.5 Å². The number of hydrogen-bond acceptors (Lipinski definition) is 6. The maximum absolute atomic E-state index is 12.6. The molecule has 1 aliphatic heterocycles. The third-order valence-electron chi connectivity index (χ3n) is 4.95. The van der Waals surface area contributed by atoms with Gasteiger partial charge >= 0.3 is 0 Å². The molecule has 1 amide bonds. The van der Waals surface area contributed by atoms with Crippen molar-refractivity contribution in [2.45, 2.75) is 36.3 Å². The van der Waals surface area contributed by atoms with E-state index in [1.807, 2.05) is 30.3 Å². The van der Waals surface area contributed by atoms with Crippen molar-refractivity contribution < 1.29 is 28.2 Å². The van der Waals surface area contributed by atoms with Gasteiger partial charge in [-0.25, -0.2) is 8.42 Å². The van der Waals surface area contributed by atoms with Crippen molar-refractivity contribution >= 4 is 21.7 Å². The molecule has 2 atom stereocenters. The summed E-state index contributed by atoms with van der Waals surface area (Å²) in [4.78, 5) is 21.8. The fourth-order valence-electron chi connectivity index (χ4n) is 3.44. The maximum Gasteiger partial charge on any atom is 0.300 e. The molecular weight excluding hydrogens is 420 g/mol. The highest BCUT2D eigenvalue weighted by Crippen LogP contribution is 2.31. The number of aliphatic hydroxyl groups excluding tert-OH is 1. The van der Waals surface area contributed by atoms with Gasteiger partial charge in [0, 0.05) is 19.9 Å². The van der Waals surface area contributed by atoms with Crippen LogP contribution in [0.25, 0.3) is 0 Å². The summed E-state index contributed by atoms with van der Waals surface area (Å²) in [7, 11) is -3.53. The second-order valence-corrected chi connectivity index (χ2v) is 9.37. The molecule has 9 heteroatoms. The molecule has 0 bridgehead atoms. The molecule has 168 valence electrons. The summed E-state index contributed by atoms with van der Waals surface area (Å²) in [5.74, 6) is -1.50. The van der Waals surface area contributed by atoms with Crippen LogP contribution in [0.4, 0.5) is 0 Å². The van der Waals surface area contributed by atoms with Crippen LogP contribution in [0.5, 0.6) is 0 Å². The van der Waals surface area contributed by atoms with Gasteiger partial charge in [0.1, 0.15) is 0 Å². The van der Waals surface area contributed by atoms with Gasteiger partial charge in [-0.15, -0.1) is 0 Å². The zero-order valence-corrected chi connectivity index (χ0v) is 18.1. The number of hydrogen-bond donors (Lipinski definition) is 4. The quantitative estimate of drug-likeness (QED) is 0.524. The van der Waals surface area contributed by atoms with Crippen molar-refractivity contribution in [1.82, 2.24) is 10.6 Å². The zero-order chi connectivity index (χ0) is 22.9. The molecule has 0 unspecified atom stereocenters. The van der Waals surface area contributed by atoms with E-state index in [2.05, 4.69) is 10.6 Å². The predicted molar refractivity (Wildman–Crippen MR) is 116 cm³/mol. The highest BCUT2D eigenvalue weighted by Gasteiger charge is 2.42. The Morgan fingerprint density at radius 1 is 1.10 bits per heavy atom. The average molecular weight is 449 g/mol. The normalized spacial score (nSPS) is 20.8. The first-order chi connectivity index (χ1) is 14.7. The van der Waals surface area contributed by atoms with E-state index >= 15 is 0 Å². The second-order valence-electron chi connectivity index (χ2n) is 7.26. The Balaban J connectivity index is 0.000000785. The third-order valence-corrected chi connectivity index (χ3v) is 6.69. The minimum atomic E-state index is -3.53. The lowest BCUT2D eigenvalue weighted by atomic mass is 9.79. The van der Waals surface area contributed by atoms with Gasteiger partial charge in [0.05, 0.1) is 22.3 Å². The Bertz CT molecular complexity index is 962. The first-order valence-corrected chi connectivity index (χ1v) is 11.6. The number of carboxylic acid groups (broad SMARTS) is 1. The van der Waals surface area contributed by atoms with Gasteiger partial charge in [0.25, 0.3) is 5.97 Å². The van der Waals surface area contributed by atoms with Crippen molar-refractivity contribution in [3.63, 3.8) is 0 Å². The number of β-amino-alcohol motifs (C(OH)–C–C–N with tert-alkyl or cyclic N) is 1. The number of amides is 1. The van der Waals surface area contributed by atoms with Crippen molar-refractivity contribution in [2.75, 3.05) is 18.8 Å². The van der Waals surface area contributed by atoms with Crippen LogP contribution in [-0.4, -0.2) is 55.5 Å². The lowest BCUT2D eigenvalue weighted by molar-refractivity contribution is -0.134. The predicted octanol–water partition coefficient (Wildman–Crippen LogP) is 1.31. The number of nitrogens with one attached hydrogen (secondary N) is 2. The van der Waals surface area contributed by atoms with Gasteiger partial charge < -0.3 is 20.8 Å². The van der Waals surface area contributed by atoms with Crippen LogP contribution in [-0.2, 0) is 25.0 Å². The molecule has 0 radical (unpaired) electrons. The number of carboxylic acids is 1. The number of aliphatic hydroxyl groups is 1. The minimum Gasteiger partial charge on any atom is -0.481 e. The summed E-state index contributed by atoms with van der Waals surface area (Å²) in [6, 6.07) is 17.4. The van der Waals surface area contributed by atoms with Crippen molar-refractivity contribution in [3.05, 3.63) is 66.2 Å². The number of rotatable bonds is 6. The Labute approximate surface area is 182 Å². The summed E-state index contributed by atoms with van der Waals surface area (Å²) in [5.41, 5.74) is -0.0987. The van der Waals surface area contributed by atoms with Gasteiger partial charge in [-0.05, 0) is 30.7 Å². The van der Waals surface area contributed by atoms with Crippen molar-refractivity contribution in [3.8, 4) is 0 Å². The van der Waals surface area contributed by atoms with Gasteiger partial charge in [0.2, 0.25) is 5.91 Å². The molecule has 1 aliphatic rings. The minimum absolute atomic E-state index is 0.161. The van der Waals surface area contributed by atoms with Crippen LogP contribution in [0.1, 0.15) is 25.3 Å². The third kappa shape index (κ3) is 6.88. The SMILES string of the molecule is CC(=O)O.O=C(CCS(=O)(=O)c1ccccc1)N[C@@]1(c2ccccc2)CCNC[C@H]1O. The van der Waals surface area contributed by atoms with Gasteiger partial charge in [-0.3, -0.25) is 9.59 Å². The van der Waals surface area contributed by atoms with Crippen LogP contribution >= 0.6 is 0 Å². The summed E-state index contributed by atoms with van der Waals surface area (Å²) in [6.45, 7) is 2.09. The molecule has 31 heavy (non-hydrogen) atoms. The Morgan fingerprint density at radius 2 is 1.65 bits per heavy atom. The number of carbonyl (C=O) groups is 2. The molecular formula is C22H28N2O6S. The van der Waals surface area contributed by atoms with E-state index in [-0.39, 0.29) is 23.0 Å². The molecule has 0 saturated carbocycles. The molecule has 1 fully saturated rings. The van der Waals surface area contributed by atoms with E-state index < -0.39 is 27.4 Å². The molecule has 1 saturated heterocycles.